The number of benzene rings is 2. The third kappa shape index (κ3) is 8.34. The van der Waals surface area contributed by atoms with Crippen molar-refractivity contribution in [3.05, 3.63) is 71.9 Å². The molecule has 0 radical (unpaired) electrons. The van der Waals surface area contributed by atoms with E-state index in [2.05, 4.69) is 16.0 Å². The van der Waals surface area contributed by atoms with Crippen LogP contribution in [-0.2, 0) is 25.6 Å². The fraction of sp³-hybridized carbons (Fsp3) is 0.500. The molecule has 248 valence electrons. The van der Waals surface area contributed by atoms with E-state index < -0.39 is 36.2 Å². The normalized spacial score (nSPS) is 22.5. The number of rotatable bonds is 10. The summed E-state index contributed by atoms with van der Waals surface area (Å²) in [6.45, 7) is 8.04. The predicted molar refractivity (Wildman–Crippen MR) is 179 cm³/mol. The minimum atomic E-state index is -0.998. The van der Waals surface area contributed by atoms with E-state index in [1.807, 2.05) is 101 Å². The summed E-state index contributed by atoms with van der Waals surface area (Å²) in [6, 6.07) is 14.0. The number of ether oxygens (including phenoxy) is 1. The third-order valence-electron chi connectivity index (χ3n) is 9.33. The molecule has 46 heavy (non-hydrogen) atoms. The van der Waals surface area contributed by atoms with Crippen molar-refractivity contribution in [3.63, 3.8) is 0 Å². The van der Waals surface area contributed by atoms with Crippen molar-refractivity contribution in [2.45, 2.75) is 83.6 Å². The second-order valence-electron chi connectivity index (χ2n) is 12.7. The van der Waals surface area contributed by atoms with Crippen LogP contribution in [0.2, 0.25) is 0 Å². The number of likely N-dealkylation sites (tertiary alicyclic amines) is 1. The predicted octanol–water partition coefficient (Wildman–Crippen LogP) is 3.37. The van der Waals surface area contributed by atoms with Crippen molar-refractivity contribution in [2.24, 2.45) is 11.8 Å². The van der Waals surface area contributed by atoms with Gasteiger partial charge in [-0.15, -0.1) is 0 Å². The van der Waals surface area contributed by atoms with Crippen LogP contribution in [0.4, 0.5) is 0 Å². The monoisotopic (exact) mass is 631 g/mol. The second-order valence-corrected chi connectivity index (χ2v) is 12.7. The van der Waals surface area contributed by atoms with Gasteiger partial charge in [0.05, 0.1) is 6.04 Å². The molecule has 1 saturated heterocycles. The van der Waals surface area contributed by atoms with Crippen LogP contribution in [0.5, 0.6) is 5.75 Å². The summed E-state index contributed by atoms with van der Waals surface area (Å²) >= 11 is 0. The van der Waals surface area contributed by atoms with E-state index in [0.29, 0.717) is 31.4 Å². The Bertz CT molecular complexity index is 1380. The molecule has 0 saturated carbocycles. The standard InChI is InChI=1S/C36H49N5O5/c1-7-23(3)30-34(43)37-20-18-25-14-16-27(17-15-25)46-29-19-21-41(32(29)35(44)38-30)36(45)31(24(4)8-2)39-33(42)28(40(5)6)22-26-12-10-9-11-13-26/h9-18,20,23-24,28-32H,7-8,19,21-22H2,1-6H3,(H,37,43)(H,38,44)(H,39,42). The zero-order valence-corrected chi connectivity index (χ0v) is 27.9. The van der Waals surface area contributed by atoms with Crippen LogP contribution >= 0.6 is 0 Å². The van der Waals surface area contributed by atoms with Crippen LogP contribution in [0, 0.1) is 11.8 Å². The Morgan fingerprint density at radius 1 is 1.00 bits per heavy atom. The molecular weight excluding hydrogens is 582 g/mol. The summed E-state index contributed by atoms with van der Waals surface area (Å²) in [5, 5.41) is 8.82. The molecule has 10 heteroatoms. The summed E-state index contributed by atoms with van der Waals surface area (Å²) in [4.78, 5) is 59.0. The molecular formula is C36H49N5O5. The summed E-state index contributed by atoms with van der Waals surface area (Å²) < 4.78 is 6.35. The van der Waals surface area contributed by atoms with Gasteiger partial charge in [-0.05, 0) is 61.7 Å². The maximum Gasteiger partial charge on any atom is 0.247 e. The molecule has 0 spiro atoms. The number of likely N-dealkylation sites (N-methyl/N-ethyl adjacent to an activating group) is 1. The lowest BCUT2D eigenvalue weighted by molar-refractivity contribution is -0.145. The number of carbonyl (C=O) groups is 4. The lowest BCUT2D eigenvalue weighted by Crippen LogP contribution is -2.61. The van der Waals surface area contributed by atoms with Crippen LogP contribution in [0.25, 0.3) is 6.08 Å². The van der Waals surface area contributed by atoms with Gasteiger partial charge in [0.15, 0.2) is 0 Å². The average molecular weight is 632 g/mol. The van der Waals surface area contributed by atoms with Crippen molar-refractivity contribution >= 4 is 29.7 Å². The first-order valence-electron chi connectivity index (χ1n) is 16.4. The molecule has 0 aliphatic carbocycles. The van der Waals surface area contributed by atoms with Crippen molar-refractivity contribution in [1.29, 1.82) is 0 Å². The lowest BCUT2D eigenvalue weighted by Gasteiger charge is -2.35. The maximum atomic E-state index is 14.4. The minimum Gasteiger partial charge on any atom is -0.488 e. The van der Waals surface area contributed by atoms with Crippen molar-refractivity contribution in [1.82, 2.24) is 25.8 Å². The molecule has 3 N–H and O–H groups in total. The molecule has 3 aliphatic heterocycles. The van der Waals surface area contributed by atoms with Gasteiger partial charge in [-0.3, -0.25) is 24.1 Å². The van der Waals surface area contributed by atoms with E-state index in [1.54, 1.807) is 12.3 Å². The number of carbonyl (C=O) groups excluding carboxylic acids is 4. The third-order valence-corrected chi connectivity index (χ3v) is 9.33. The highest BCUT2D eigenvalue weighted by atomic mass is 16.5. The molecule has 1 fully saturated rings. The highest BCUT2D eigenvalue weighted by Gasteiger charge is 2.47. The van der Waals surface area contributed by atoms with E-state index in [1.165, 1.54) is 4.90 Å². The van der Waals surface area contributed by atoms with Gasteiger partial charge < -0.3 is 25.6 Å². The van der Waals surface area contributed by atoms with Crippen LogP contribution in [0.3, 0.4) is 0 Å². The molecule has 2 bridgehead atoms. The Balaban J connectivity index is 1.64. The molecule has 4 amide bonds. The van der Waals surface area contributed by atoms with Crippen molar-refractivity contribution in [2.75, 3.05) is 20.6 Å². The Morgan fingerprint density at radius 2 is 1.70 bits per heavy atom. The van der Waals surface area contributed by atoms with E-state index in [4.69, 9.17) is 4.74 Å². The number of amides is 4. The van der Waals surface area contributed by atoms with Gasteiger partial charge in [-0.1, -0.05) is 83.0 Å². The zero-order valence-electron chi connectivity index (χ0n) is 27.9. The Hall–Kier alpha value is -4.18. The summed E-state index contributed by atoms with van der Waals surface area (Å²) in [5.41, 5.74) is 1.89. The van der Waals surface area contributed by atoms with E-state index in [9.17, 15) is 19.2 Å². The average Bonchev–Trinajstić information content (AvgIpc) is 3.48. The fourth-order valence-electron chi connectivity index (χ4n) is 5.99. The Kier molecular flexibility index (Phi) is 12.0. The molecule has 2 aromatic carbocycles. The molecule has 7 atom stereocenters. The van der Waals surface area contributed by atoms with Crippen LogP contribution in [0.1, 0.15) is 58.1 Å². The van der Waals surface area contributed by atoms with Crippen molar-refractivity contribution in [3.8, 4) is 5.75 Å². The van der Waals surface area contributed by atoms with Crippen LogP contribution in [-0.4, -0.2) is 84.3 Å². The SMILES string of the molecule is CCC(C)C1NC(=O)C2C(CCN2C(=O)C(NC(=O)C(Cc2ccccc2)N(C)C)C(C)CC)Oc2ccc(cc2)C=CNC1=O. The van der Waals surface area contributed by atoms with E-state index in [0.717, 1.165) is 11.1 Å². The van der Waals surface area contributed by atoms with Gasteiger partial charge in [0.1, 0.15) is 30.0 Å². The van der Waals surface area contributed by atoms with E-state index in [-0.39, 0.29) is 36.1 Å². The minimum absolute atomic E-state index is 0.159. The molecule has 7 unspecified atom stereocenters. The Labute approximate surface area is 272 Å². The quantitative estimate of drug-likeness (QED) is 0.370. The number of hydrogen-bond acceptors (Lipinski definition) is 6. The van der Waals surface area contributed by atoms with Gasteiger partial charge in [0.25, 0.3) is 0 Å². The Morgan fingerprint density at radius 3 is 2.33 bits per heavy atom. The van der Waals surface area contributed by atoms with Gasteiger partial charge in [-0.25, -0.2) is 0 Å². The largest absolute Gasteiger partial charge is 0.488 e. The van der Waals surface area contributed by atoms with Gasteiger partial charge in [0.2, 0.25) is 23.6 Å². The highest BCUT2D eigenvalue weighted by molar-refractivity contribution is 5.96. The maximum absolute atomic E-state index is 14.4. The number of nitrogens with zero attached hydrogens (tertiary/aromatic N) is 2. The van der Waals surface area contributed by atoms with Crippen LogP contribution < -0.4 is 20.7 Å². The van der Waals surface area contributed by atoms with Gasteiger partial charge in [0, 0.05) is 19.2 Å². The van der Waals surface area contributed by atoms with E-state index >= 15 is 0 Å². The topological polar surface area (TPSA) is 120 Å². The first-order chi connectivity index (χ1) is 22.0. The number of hydrogen-bond donors (Lipinski definition) is 3. The summed E-state index contributed by atoms with van der Waals surface area (Å²) in [6.07, 6.45) is 4.91. The highest BCUT2D eigenvalue weighted by Crippen LogP contribution is 2.28. The first kappa shape index (κ1) is 34.7. The molecule has 3 aliphatic rings. The summed E-state index contributed by atoms with van der Waals surface area (Å²) in [7, 11) is 3.70. The molecule has 3 heterocycles. The molecule has 0 aromatic heterocycles. The number of nitrogens with one attached hydrogen (secondary N) is 3. The lowest BCUT2D eigenvalue weighted by atomic mass is 9.95. The zero-order chi connectivity index (χ0) is 33.4. The van der Waals surface area contributed by atoms with Gasteiger partial charge in [-0.2, -0.15) is 0 Å². The summed E-state index contributed by atoms with van der Waals surface area (Å²) in [5.74, 6) is -1.16. The van der Waals surface area contributed by atoms with Gasteiger partial charge >= 0.3 is 0 Å². The molecule has 2 aromatic rings. The second kappa shape index (κ2) is 15.9. The van der Waals surface area contributed by atoms with Crippen LogP contribution in [0.15, 0.2) is 60.8 Å². The smallest absolute Gasteiger partial charge is 0.247 e. The van der Waals surface area contributed by atoms with Crippen molar-refractivity contribution < 1.29 is 23.9 Å². The molecule has 10 nitrogen and oxygen atoms in total. The number of fused-ring (bicyclic) bond motifs is 7. The molecule has 5 rings (SSSR count). The fourth-order valence-corrected chi connectivity index (χ4v) is 5.99. The first-order valence-corrected chi connectivity index (χ1v) is 16.4.